The zero-order chi connectivity index (χ0) is 21.8. The highest BCUT2D eigenvalue weighted by atomic mass is 32.2. The smallest absolute Gasteiger partial charge is 0.175 e. The summed E-state index contributed by atoms with van der Waals surface area (Å²) >= 11 is 0. The van der Waals surface area contributed by atoms with Crippen LogP contribution in [-0.2, 0) is 14.6 Å². The molecule has 1 aliphatic carbocycles. The monoisotopic (exact) mass is 448 g/mol. The lowest BCUT2D eigenvalue weighted by Gasteiger charge is -2.36. The van der Waals surface area contributed by atoms with E-state index in [1.165, 1.54) is 18.5 Å². The molecule has 1 aromatic heterocycles. The molecule has 0 N–H and O–H groups in total. The van der Waals surface area contributed by atoms with Crippen LogP contribution in [0.4, 0.5) is 10.2 Å². The Morgan fingerprint density at radius 3 is 2.10 bits per heavy atom. The van der Waals surface area contributed by atoms with Gasteiger partial charge in [0.25, 0.3) is 0 Å². The Kier molecular flexibility index (Phi) is 6.77. The maximum Gasteiger partial charge on any atom is 0.175 e. The van der Waals surface area contributed by atoms with E-state index in [-0.39, 0.29) is 24.1 Å². The van der Waals surface area contributed by atoms with Gasteiger partial charge in [0.2, 0.25) is 0 Å². The number of anilines is 1. The Morgan fingerprint density at radius 1 is 0.903 bits per heavy atom. The molecular formula is C23H29FN2O4S. The summed E-state index contributed by atoms with van der Waals surface area (Å²) in [6.07, 6.45) is 8.79. The van der Waals surface area contributed by atoms with Crippen molar-refractivity contribution in [3.05, 3.63) is 48.4 Å². The van der Waals surface area contributed by atoms with Gasteiger partial charge in [-0.2, -0.15) is 0 Å². The van der Waals surface area contributed by atoms with Crippen molar-refractivity contribution in [2.24, 2.45) is 0 Å². The topological polar surface area (TPSA) is 68.7 Å². The van der Waals surface area contributed by atoms with Gasteiger partial charge in [0.05, 0.1) is 29.4 Å². The van der Waals surface area contributed by atoms with E-state index < -0.39 is 9.84 Å². The van der Waals surface area contributed by atoms with Crippen LogP contribution in [0.3, 0.4) is 0 Å². The number of ether oxygens (including phenoxy) is 2. The Hall–Kier alpha value is -2.19. The van der Waals surface area contributed by atoms with Crippen LogP contribution in [0.5, 0.6) is 5.75 Å². The fraction of sp³-hybridized carbons (Fsp3) is 0.522. The first kappa shape index (κ1) is 22.0. The van der Waals surface area contributed by atoms with E-state index in [1.807, 2.05) is 0 Å². The lowest BCUT2D eigenvalue weighted by Crippen LogP contribution is -2.40. The molecule has 1 saturated carbocycles. The minimum absolute atomic E-state index is 0.135. The first-order chi connectivity index (χ1) is 14.9. The molecule has 31 heavy (non-hydrogen) atoms. The fourth-order valence-corrected chi connectivity index (χ4v) is 4.92. The highest BCUT2D eigenvalue weighted by molar-refractivity contribution is 7.90. The van der Waals surface area contributed by atoms with E-state index in [2.05, 4.69) is 9.88 Å². The summed E-state index contributed by atoms with van der Waals surface area (Å²) in [7, 11) is -3.19. The zero-order valence-electron chi connectivity index (χ0n) is 17.7. The average molecular weight is 449 g/mol. The third kappa shape index (κ3) is 5.95. The quantitative estimate of drug-likeness (QED) is 0.665. The number of aromatic nitrogens is 1. The summed E-state index contributed by atoms with van der Waals surface area (Å²) < 4.78 is 48.6. The fourth-order valence-electron chi connectivity index (χ4n) is 4.29. The van der Waals surface area contributed by atoms with Crippen molar-refractivity contribution in [2.45, 2.75) is 61.7 Å². The van der Waals surface area contributed by atoms with Crippen molar-refractivity contribution in [3.63, 3.8) is 0 Å². The molecule has 0 radical (unpaired) electrons. The van der Waals surface area contributed by atoms with E-state index in [0.717, 1.165) is 57.4 Å². The van der Waals surface area contributed by atoms with E-state index in [1.54, 1.807) is 30.3 Å². The Bertz CT molecular complexity index is 950. The van der Waals surface area contributed by atoms with Crippen LogP contribution in [0.1, 0.15) is 38.5 Å². The minimum atomic E-state index is -3.19. The van der Waals surface area contributed by atoms with Crippen molar-refractivity contribution in [3.8, 4) is 5.75 Å². The van der Waals surface area contributed by atoms with Crippen LogP contribution in [0.15, 0.2) is 47.5 Å². The lowest BCUT2D eigenvalue weighted by atomic mass is 9.94. The molecule has 2 heterocycles. The molecule has 1 saturated heterocycles. The van der Waals surface area contributed by atoms with Crippen LogP contribution >= 0.6 is 0 Å². The molecule has 6 nitrogen and oxygen atoms in total. The van der Waals surface area contributed by atoms with Crippen molar-refractivity contribution in [1.82, 2.24) is 4.98 Å². The number of rotatable bonds is 6. The normalized spacial score (nSPS) is 23.0. The molecule has 0 unspecified atom stereocenters. The predicted molar refractivity (Wildman–Crippen MR) is 117 cm³/mol. The Morgan fingerprint density at radius 2 is 1.52 bits per heavy atom. The Labute approximate surface area is 183 Å². The van der Waals surface area contributed by atoms with Crippen LogP contribution in [-0.4, -0.2) is 51.1 Å². The molecular weight excluding hydrogens is 419 g/mol. The number of pyridine rings is 1. The predicted octanol–water partition coefficient (Wildman–Crippen LogP) is 4.00. The number of halogens is 1. The summed E-state index contributed by atoms with van der Waals surface area (Å²) in [5.74, 6) is 1.22. The minimum Gasteiger partial charge on any atom is -0.490 e. The van der Waals surface area contributed by atoms with Crippen LogP contribution in [0.2, 0.25) is 0 Å². The van der Waals surface area contributed by atoms with Gasteiger partial charge in [0, 0.05) is 19.3 Å². The van der Waals surface area contributed by atoms with Gasteiger partial charge in [0.1, 0.15) is 17.4 Å². The molecule has 2 aliphatic rings. The van der Waals surface area contributed by atoms with Crippen molar-refractivity contribution < 1.29 is 22.3 Å². The van der Waals surface area contributed by atoms with Gasteiger partial charge in [-0.25, -0.2) is 17.8 Å². The molecule has 0 atom stereocenters. The molecule has 4 rings (SSSR count). The number of hydrogen-bond acceptors (Lipinski definition) is 6. The zero-order valence-corrected chi connectivity index (χ0v) is 18.6. The van der Waals surface area contributed by atoms with E-state index >= 15 is 0 Å². The average Bonchev–Trinajstić information content (AvgIpc) is 2.76. The maximum atomic E-state index is 13.1. The number of benzene rings is 1. The molecule has 168 valence electrons. The largest absolute Gasteiger partial charge is 0.490 e. The second-order valence-electron chi connectivity index (χ2n) is 8.42. The first-order valence-corrected chi connectivity index (χ1v) is 12.7. The van der Waals surface area contributed by atoms with Crippen molar-refractivity contribution in [2.75, 3.05) is 24.2 Å². The van der Waals surface area contributed by atoms with Gasteiger partial charge >= 0.3 is 0 Å². The van der Waals surface area contributed by atoms with Gasteiger partial charge in [-0.05, 0) is 74.9 Å². The molecule has 2 aromatic rings. The highest BCUT2D eigenvalue weighted by Crippen LogP contribution is 2.29. The molecule has 0 bridgehead atoms. The summed E-state index contributed by atoms with van der Waals surface area (Å²) in [5, 5.41) is 0. The van der Waals surface area contributed by atoms with Gasteiger partial charge < -0.3 is 14.4 Å². The SMILES string of the molecule is CS(=O)(=O)c1ccc(O[C@H]2CC[C@H](OC3CCN(c4ccc(F)cn4)CC3)CC2)cc1. The van der Waals surface area contributed by atoms with E-state index in [9.17, 15) is 12.8 Å². The van der Waals surface area contributed by atoms with Crippen molar-refractivity contribution >= 4 is 15.7 Å². The summed E-state index contributed by atoms with van der Waals surface area (Å²) in [4.78, 5) is 6.65. The second-order valence-corrected chi connectivity index (χ2v) is 10.4. The summed E-state index contributed by atoms with van der Waals surface area (Å²) in [5.41, 5.74) is 0. The molecule has 8 heteroatoms. The van der Waals surface area contributed by atoms with E-state index in [4.69, 9.17) is 9.47 Å². The molecule has 0 spiro atoms. The third-order valence-electron chi connectivity index (χ3n) is 6.04. The van der Waals surface area contributed by atoms with Crippen LogP contribution in [0.25, 0.3) is 0 Å². The number of piperidine rings is 1. The third-order valence-corrected chi connectivity index (χ3v) is 7.17. The van der Waals surface area contributed by atoms with Gasteiger partial charge in [-0.1, -0.05) is 0 Å². The van der Waals surface area contributed by atoms with Gasteiger partial charge in [-0.15, -0.1) is 0 Å². The lowest BCUT2D eigenvalue weighted by molar-refractivity contribution is -0.0527. The summed E-state index contributed by atoms with van der Waals surface area (Å²) in [6, 6.07) is 9.81. The molecule has 1 aromatic carbocycles. The summed E-state index contributed by atoms with van der Waals surface area (Å²) in [6.45, 7) is 1.73. The first-order valence-electron chi connectivity index (χ1n) is 10.9. The standard InChI is InChI=1S/C23H29FN2O4S/c1-31(27,28)22-9-7-20(8-10-22)29-18-3-5-19(6-4-18)30-21-12-14-26(15-13-21)23-11-2-17(24)16-25-23/h2,7-11,16,18-19,21H,3-6,12-15H2,1H3/t18-,19-. The number of hydrogen-bond donors (Lipinski definition) is 0. The molecule has 1 aliphatic heterocycles. The number of sulfone groups is 1. The molecule has 0 amide bonds. The van der Waals surface area contributed by atoms with Gasteiger partial charge in [-0.3, -0.25) is 0 Å². The second kappa shape index (κ2) is 9.53. The van der Waals surface area contributed by atoms with Gasteiger partial charge in [0.15, 0.2) is 9.84 Å². The Balaban J connectivity index is 1.19. The van der Waals surface area contributed by atoms with Crippen LogP contribution in [0, 0.1) is 5.82 Å². The van der Waals surface area contributed by atoms with Crippen molar-refractivity contribution in [1.29, 1.82) is 0 Å². The highest BCUT2D eigenvalue weighted by Gasteiger charge is 2.28. The molecule has 2 fully saturated rings. The van der Waals surface area contributed by atoms with E-state index in [0.29, 0.717) is 10.6 Å². The maximum absolute atomic E-state index is 13.1. The number of nitrogens with zero attached hydrogens (tertiary/aromatic N) is 2. The van der Waals surface area contributed by atoms with Crippen LogP contribution < -0.4 is 9.64 Å².